The van der Waals surface area contributed by atoms with Crippen molar-refractivity contribution in [2.24, 2.45) is 5.41 Å². The SMILES string of the molecule is Cc1cccc(CN2CCCC3(CCN(c4ncccn4)CC3)C2)n1.O=C(O)C(F)(F)F. The minimum Gasteiger partial charge on any atom is -0.475 e. The highest BCUT2D eigenvalue weighted by atomic mass is 19.4. The van der Waals surface area contributed by atoms with Crippen LogP contribution in [0.4, 0.5) is 19.1 Å². The molecule has 4 rings (SSSR count). The van der Waals surface area contributed by atoms with Gasteiger partial charge in [0.15, 0.2) is 0 Å². The van der Waals surface area contributed by atoms with Crippen molar-refractivity contribution in [1.82, 2.24) is 19.9 Å². The van der Waals surface area contributed by atoms with Gasteiger partial charge in [0.05, 0.1) is 5.69 Å². The van der Waals surface area contributed by atoms with Crippen LogP contribution in [0, 0.1) is 12.3 Å². The fraction of sp³-hybridized carbons (Fsp3) is 0.545. The van der Waals surface area contributed by atoms with Gasteiger partial charge in [0, 0.05) is 44.3 Å². The average Bonchev–Trinajstić information content (AvgIpc) is 2.75. The normalized spacial score (nSPS) is 18.7. The van der Waals surface area contributed by atoms with Gasteiger partial charge < -0.3 is 10.0 Å². The number of rotatable bonds is 3. The van der Waals surface area contributed by atoms with Crippen LogP contribution in [0.5, 0.6) is 0 Å². The van der Waals surface area contributed by atoms with Gasteiger partial charge in [-0.15, -0.1) is 0 Å². The Morgan fingerprint density at radius 3 is 2.34 bits per heavy atom. The summed E-state index contributed by atoms with van der Waals surface area (Å²) in [7, 11) is 0. The average molecular weight is 451 g/mol. The van der Waals surface area contributed by atoms with Crippen molar-refractivity contribution < 1.29 is 23.1 Å². The van der Waals surface area contributed by atoms with Gasteiger partial charge >= 0.3 is 12.1 Å². The van der Waals surface area contributed by atoms with Crippen LogP contribution in [-0.2, 0) is 11.3 Å². The quantitative estimate of drug-likeness (QED) is 0.762. The summed E-state index contributed by atoms with van der Waals surface area (Å²) in [5.74, 6) is -1.87. The number of piperidine rings is 2. The van der Waals surface area contributed by atoms with Gasteiger partial charge in [-0.1, -0.05) is 6.07 Å². The lowest BCUT2D eigenvalue weighted by molar-refractivity contribution is -0.192. The molecule has 1 spiro atoms. The summed E-state index contributed by atoms with van der Waals surface area (Å²) >= 11 is 0. The highest BCUT2D eigenvalue weighted by Crippen LogP contribution is 2.40. The molecule has 7 nitrogen and oxygen atoms in total. The lowest BCUT2D eigenvalue weighted by Gasteiger charge is -2.47. The van der Waals surface area contributed by atoms with E-state index < -0.39 is 12.1 Å². The second kappa shape index (κ2) is 10.2. The molecule has 1 N–H and O–H groups in total. The van der Waals surface area contributed by atoms with Crippen molar-refractivity contribution in [2.75, 3.05) is 31.1 Å². The van der Waals surface area contributed by atoms with Gasteiger partial charge in [0.1, 0.15) is 0 Å². The number of anilines is 1. The van der Waals surface area contributed by atoms with Crippen LogP contribution in [-0.4, -0.2) is 63.3 Å². The number of hydrogen-bond donors (Lipinski definition) is 1. The van der Waals surface area contributed by atoms with E-state index in [1.54, 1.807) is 0 Å². The minimum absolute atomic E-state index is 0.466. The highest BCUT2D eigenvalue weighted by molar-refractivity contribution is 5.73. The molecule has 2 aromatic rings. The number of carboxylic acids is 1. The Bertz CT molecular complexity index is 887. The zero-order valence-corrected chi connectivity index (χ0v) is 18.1. The Labute approximate surface area is 185 Å². The van der Waals surface area contributed by atoms with E-state index in [2.05, 4.69) is 49.9 Å². The molecule has 0 unspecified atom stereocenters. The number of aromatic nitrogens is 3. The first-order valence-corrected chi connectivity index (χ1v) is 10.6. The summed E-state index contributed by atoms with van der Waals surface area (Å²) in [6.07, 6.45) is 3.72. The molecule has 0 atom stereocenters. The summed E-state index contributed by atoms with van der Waals surface area (Å²) in [5.41, 5.74) is 2.78. The molecule has 174 valence electrons. The molecular formula is C22H28F3N5O2. The molecule has 0 saturated carbocycles. The van der Waals surface area contributed by atoms with Crippen LogP contribution in [0.25, 0.3) is 0 Å². The fourth-order valence-electron chi connectivity index (χ4n) is 4.41. The Morgan fingerprint density at radius 1 is 1.09 bits per heavy atom. The third-order valence-electron chi connectivity index (χ3n) is 5.97. The van der Waals surface area contributed by atoms with E-state index in [-0.39, 0.29) is 0 Å². The van der Waals surface area contributed by atoms with Crippen LogP contribution >= 0.6 is 0 Å². The first kappa shape index (κ1) is 23.9. The second-order valence-corrected chi connectivity index (χ2v) is 8.42. The molecule has 10 heteroatoms. The predicted octanol–water partition coefficient (Wildman–Crippen LogP) is 3.70. The summed E-state index contributed by atoms with van der Waals surface area (Å²) in [5, 5.41) is 7.12. The molecule has 2 fully saturated rings. The number of pyridine rings is 1. The zero-order valence-electron chi connectivity index (χ0n) is 18.1. The summed E-state index contributed by atoms with van der Waals surface area (Å²) in [6, 6.07) is 8.23. The minimum atomic E-state index is -5.08. The lowest BCUT2D eigenvalue weighted by atomic mass is 9.72. The number of hydrogen-bond acceptors (Lipinski definition) is 6. The third kappa shape index (κ3) is 6.62. The van der Waals surface area contributed by atoms with Gasteiger partial charge in [0.2, 0.25) is 5.95 Å². The smallest absolute Gasteiger partial charge is 0.475 e. The Kier molecular flexibility index (Phi) is 7.65. The van der Waals surface area contributed by atoms with E-state index in [1.807, 2.05) is 18.5 Å². The molecule has 0 radical (unpaired) electrons. The molecule has 0 aromatic carbocycles. The molecule has 2 aromatic heterocycles. The first-order valence-electron chi connectivity index (χ1n) is 10.6. The van der Waals surface area contributed by atoms with E-state index >= 15 is 0 Å². The molecule has 32 heavy (non-hydrogen) atoms. The predicted molar refractivity (Wildman–Crippen MR) is 113 cm³/mol. The van der Waals surface area contributed by atoms with Crippen LogP contribution in [0.3, 0.4) is 0 Å². The lowest BCUT2D eigenvalue weighted by Crippen LogP contribution is -2.49. The topological polar surface area (TPSA) is 82.5 Å². The van der Waals surface area contributed by atoms with Crippen molar-refractivity contribution >= 4 is 11.9 Å². The molecule has 0 aliphatic carbocycles. The van der Waals surface area contributed by atoms with Crippen LogP contribution in [0.1, 0.15) is 37.1 Å². The number of aryl methyl sites for hydroxylation is 1. The van der Waals surface area contributed by atoms with E-state index in [4.69, 9.17) is 9.90 Å². The summed E-state index contributed by atoms with van der Waals surface area (Å²) < 4.78 is 31.7. The fourth-order valence-corrected chi connectivity index (χ4v) is 4.41. The number of aliphatic carboxylic acids is 1. The van der Waals surface area contributed by atoms with E-state index in [0.717, 1.165) is 31.3 Å². The zero-order chi connectivity index (χ0) is 23.2. The van der Waals surface area contributed by atoms with Crippen molar-refractivity contribution in [1.29, 1.82) is 0 Å². The molecule has 2 aliphatic rings. The number of carboxylic acid groups (broad SMARTS) is 1. The monoisotopic (exact) mass is 451 g/mol. The maximum atomic E-state index is 10.6. The molecule has 4 heterocycles. The van der Waals surface area contributed by atoms with Gasteiger partial charge in [-0.05, 0) is 62.8 Å². The summed E-state index contributed by atoms with van der Waals surface area (Å²) in [6.45, 7) is 7.59. The maximum absolute atomic E-state index is 10.6. The maximum Gasteiger partial charge on any atom is 0.490 e. The van der Waals surface area contributed by atoms with Crippen LogP contribution in [0.15, 0.2) is 36.7 Å². The van der Waals surface area contributed by atoms with Crippen molar-refractivity contribution in [2.45, 2.75) is 45.3 Å². The third-order valence-corrected chi connectivity index (χ3v) is 5.97. The Morgan fingerprint density at radius 2 is 1.75 bits per heavy atom. The standard InChI is InChI=1S/C20H27N5.C2HF3O2/c1-17-5-2-6-18(23-17)15-24-12-3-7-20(16-24)8-13-25(14-9-20)19-21-10-4-11-22-19;3-2(4,5)1(6)7/h2,4-6,10-11H,3,7-9,12-16H2,1H3;(H,6,7). The van der Waals surface area contributed by atoms with Gasteiger partial charge in [-0.2, -0.15) is 13.2 Å². The van der Waals surface area contributed by atoms with Gasteiger partial charge in [-0.25, -0.2) is 14.8 Å². The molecule has 0 amide bonds. The van der Waals surface area contributed by atoms with Gasteiger partial charge in [-0.3, -0.25) is 9.88 Å². The number of likely N-dealkylation sites (tertiary alicyclic amines) is 1. The Balaban J connectivity index is 0.000000360. The highest BCUT2D eigenvalue weighted by Gasteiger charge is 2.39. The van der Waals surface area contributed by atoms with E-state index in [0.29, 0.717) is 5.41 Å². The molecular weight excluding hydrogens is 423 g/mol. The van der Waals surface area contributed by atoms with Gasteiger partial charge in [0.25, 0.3) is 0 Å². The first-order chi connectivity index (χ1) is 15.2. The van der Waals surface area contributed by atoms with Crippen LogP contribution in [0.2, 0.25) is 0 Å². The molecule has 2 saturated heterocycles. The summed E-state index contributed by atoms with van der Waals surface area (Å²) in [4.78, 5) is 27.4. The molecule has 2 aliphatic heterocycles. The largest absolute Gasteiger partial charge is 0.490 e. The number of nitrogens with zero attached hydrogens (tertiary/aromatic N) is 5. The van der Waals surface area contributed by atoms with Crippen LogP contribution < -0.4 is 4.90 Å². The Hall–Kier alpha value is -2.75. The van der Waals surface area contributed by atoms with Crippen molar-refractivity contribution in [3.63, 3.8) is 0 Å². The number of alkyl halides is 3. The number of halogens is 3. The second-order valence-electron chi connectivity index (χ2n) is 8.42. The molecule has 0 bridgehead atoms. The van der Waals surface area contributed by atoms with Crippen molar-refractivity contribution in [3.05, 3.63) is 48.0 Å². The van der Waals surface area contributed by atoms with Crippen molar-refractivity contribution in [3.8, 4) is 0 Å². The van der Waals surface area contributed by atoms with E-state index in [1.165, 1.54) is 44.5 Å². The number of carbonyl (C=O) groups is 1. The van der Waals surface area contributed by atoms with E-state index in [9.17, 15) is 13.2 Å².